The van der Waals surface area contributed by atoms with Crippen molar-refractivity contribution >= 4 is 17.6 Å². The van der Waals surface area contributed by atoms with Crippen molar-refractivity contribution in [3.63, 3.8) is 0 Å². The van der Waals surface area contributed by atoms with E-state index in [4.69, 9.17) is 5.11 Å². The van der Waals surface area contributed by atoms with Crippen LogP contribution in [0, 0.1) is 0 Å². The summed E-state index contributed by atoms with van der Waals surface area (Å²) in [7, 11) is 1.60. The molecule has 0 saturated carbocycles. The number of carbonyl (C=O) groups is 2. The summed E-state index contributed by atoms with van der Waals surface area (Å²) in [5.74, 6) is -1.98. The normalized spacial score (nSPS) is 21.3. The SMILES string of the molecule is CCN1CC(NC)(C(=O)O)c2ccc(C(=O)O)cc21. The number of carboxylic acids is 2. The van der Waals surface area contributed by atoms with Crippen LogP contribution >= 0.6 is 0 Å². The second-order valence-corrected chi connectivity index (χ2v) is 4.51. The molecular weight excluding hydrogens is 248 g/mol. The molecule has 6 heteroatoms. The summed E-state index contributed by atoms with van der Waals surface area (Å²) in [6.45, 7) is 2.81. The Hall–Kier alpha value is -2.08. The molecule has 0 bridgehead atoms. The smallest absolute Gasteiger partial charge is 0.335 e. The highest BCUT2D eigenvalue weighted by Crippen LogP contribution is 2.39. The molecule has 1 heterocycles. The van der Waals surface area contributed by atoms with Crippen molar-refractivity contribution in [2.24, 2.45) is 0 Å². The first kappa shape index (κ1) is 13.4. The van der Waals surface area contributed by atoms with Gasteiger partial charge in [0.25, 0.3) is 0 Å². The van der Waals surface area contributed by atoms with Gasteiger partial charge in [-0.2, -0.15) is 0 Å². The Morgan fingerprint density at radius 2 is 2.11 bits per heavy atom. The molecule has 1 aliphatic rings. The van der Waals surface area contributed by atoms with Crippen molar-refractivity contribution in [2.45, 2.75) is 12.5 Å². The van der Waals surface area contributed by atoms with E-state index in [9.17, 15) is 14.7 Å². The van der Waals surface area contributed by atoms with E-state index in [-0.39, 0.29) is 12.1 Å². The van der Waals surface area contributed by atoms with E-state index in [1.807, 2.05) is 11.8 Å². The quantitative estimate of drug-likeness (QED) is 0.742. The average molecular weight is 264 g/mol. The van der Waals surface area contributed by atoms with Gasteiger partial charge in [0, 0.05) is 17.8 Å². The van der Waals surface area contributed by atoms with Crippen LogP contribution in [0.25, 0.3) is 0 Å². The minimum atomic E-state index is -1.18. The molecule has 2 rings (SSSR count). The molecule has 0 amide bonds. The van der Waals surface area contributed by atoms with Gasteiger partial charge in [-0.15, -0.1) is 0 Å². The summed E-state index contributed by atoms with van der Waals surface area (Å²) in [6, 6.07) is 4.55. The Kier molecular flexibility index (Phi) is 3.20. The van der Waals surface area contributed by atoms with E-state index in [1.165, 1.54) is 12.1 Å². The second-order valence-electron chi connectivity index (χ2n) is 4.51. The Labute approximate surface area is 110 Å². The van der Waals surface area contributed by atoms with Gasteiger partial charge in [-0.25, -0.2) is 9.59 Å². The third-order valence-corrected chi connectivity index (χ3v) is 3.65. The number of fused-ring (bicyclic) bond motifs is 1. The van der Waals surface area contributed by atoms with Crippen LogP contribution < -0.4 is 10.2 Å². The second kappa shape index (κ2) is 4.55. The molecule has 1 aromatic carbocycles. The topological polar surface area (TPSA) is 89.9 Å². The molecule has 1 aromatic rings. The van der Waals surface area contributed by atoms with Gasteiger partial charge >= 0.3 is 11.9 Å². The van der Waals surface area contributed by atoms with Crippen molar-refractivity contribution in [1.29, 1.82) is 0 Å². The summed E-state index contributed by atoms with van der Waals surface area (Å²) < 4.78 is 0. The van der Waals surface area contributed by atoms with E-state index in [2.05, 4.69) is 5.32 Å². The lowest BCUT2D eigenvalue weighted by atomic mass is 9.91. The Morgan fingerprint density at radius 3 is 2.58 bits per heavy atom. The number of hydrogen-bond acceptors (Lipinski definition) is 4. The number of hydrogen-bond donors (Lipinski definition) is 3. The van der Waals surface area contributed by atoms with E-state index >= 15 is 0 Å². The lowest BCUT2D eigenvalue weighted by molar-refractivity contribution is -0.144. The molecule has 0 spiro atoms. The Bertz CT molecular complexity index is 543. The van der Waals surface area contributed by atoms with E-state index < -0.39 is 17.5 Å². The maximum atomic E-state index is 11.6. The number of nitrogens with zero attached hydrogens (tertiary/aromatic N) is 1. The fourth-order valence-electron chi connectivity index (χ4n) is 2.53. The minimum absolute atomic E-state index is 0.162. The number of aliphatic carboxylic acids is 1. The van der Waals surface area contributed by atoms with Crippen LogP contribution in [0.15, 0.2) is 18.2 Å². The van der Waals surface area contributed by atoms with Gasteiger partial charge in [-0.3, -0.25) is 5.32 Å². The maximum absolute atomic E-state index is 11.6. The number of rotatable bonds is 4. The Morgan fingerprint density at radius 1 is 1.42 bits per heavy atom. The third kappa shape index (κ3) is 1.84. The first-order chi connectivity index (χ1) is 8.96. The molecule has 6 nitrogen and oxygen atoms in total. The van der Waals surface area contributed by atoms with E-state index in [1.54, 1.807) is 13.1 Å². The van der Waals surface area contributed by atoms with Gasteiger partial charge < -0.3 is 15.1 Å². The summed E-state index contributed by atoms with van der Waals surface area (Å²) in [5.41, 5.74) is 0.255. The monoisotopic (exact) mass is 264 g/mol. The van der Waals surface area contributed by atoms with Crippen molar-refractivity contribution in [2.75, 3.05) is 25.0 Å². The number of nitrogens with one attached hydrogen (secondary N) is 1. The standard InChI is InChI=1S/C13H16N2O4/c1-3-15-7-13(14-2,12(18)19)9-5-4-8(11(16)17)6-10(9)15/h4-6,14H,3,7H2,1-2H3,(H,16,17)(H,18,19). The molecule has 19 heavy (non-hydrogen) atoms. The van der Waals surface area contributed by atoms with Crippen molar-refractivity contribution in [3.05, 3.63) is 29.3 Å². The average Bonchev–Trinajstić information content (AvgIpc) is 2.72. The van der Waals surface area contributed by atoms with Gasteiger partial charge in [0.2, 0.25) is 0 Å². The number of aromatic carboxylic acids is 1. The number of anilines is 1. The summed E-state index contributed by atoms with van der Waals surface area (Å²) >= 11 is 0. The molecule has 1 atom stereocenters. The summed E-state index contributed by atoms with van der Waals surface area (Å²) in [4.78, 5) is 24.5. The van der Waals surface area contributed by atoms with Crippen LogP contribution in [0.2, 0.25) is 0 Å². The molecule has 0 aromatic heterocycles. The molecule has 0 saturated heterocycles. The predicted molar refractivity (Wildman–Crippen MR) is 69.7 cm³/mol. The third-order valence-electron chi connectivity index (χ3n) is 3.65. The number of likely N-dealkylation sites (N-methyl/N-ethyl adjacent to an activating group) is 2. The van der Waals surface area contributed by atoms with Gasteiger partial charge in [-0.1, -0.05) is 6.07 Å². The lowest BCUT2D eigenvalue weighted by Gasteiger charge is -2.25. The van der Waals surface area contributed by atoms with Crippen LogP contribution in [0.3, 0.4) is 0 Å². The van der Waals surface area contributed by atoms with Crippen LogP contribution in [0.5, 0.6) is 0 Å². The first-order valence-electron chi connectivity index (χ1n) is 6.01. The zero-order valence-electron chi connectivity index (χ0n) is 10.8. The molecule has 102 valence electrons. The largest absolute Gasteiger partial charge is 0.480 e. The summed E-state index contributed by atoms with van der Waals surface area (Å²) in [6.07, 6.45) is 0. The van der Waals surface area contributed by atoms with Gasteiger partial charge in [-0.05, 0) is 26.1 Å². The summed E-state index contributed by atoms with van der Waals surface area (Å²) in [5, 5.41) is 21.4. The fraction of sp³-hybridized carbons (Fsp3) is 0.385. The van der Waals surface area contributed by atoms with Crippen molar-refractivity contribution in [1.82, 2.24) is 5.32 Å². The molecule has 1 unspecified atom stereocenters. The molecule has 0 fully saturated rings. The first-order valence-corrected chi connectivity index (χ1v) is 6.01. The predicted octanol–water partition coefficient (Wildman–Crippen LogP) is 0.724. The van der Waals surface area contributed by atoms with Crippen LogP contribution in [0.1, 0.15) is 22.8 Å². The van der Waals surface area contributed by atoms with Gasteiger partial charge in [0.05, 0.1) is 12.1 Å². The molecule has 0 aliphatic carbocycles. The lowest BCUT2D eigenvalue weighted by Crippen LogP contribution is -2.50. The molecule has 3 N–H and O–H groups in total. The minimum Gasteiger partial charge on any atom is -0.480 e. The van der Waals surface area contributed by atoms with Crippen LogP contribution in [-0.2, 0) is 10.3 Å². The highest BCUT2D eigenvalue weighted by atomic mass is 16.4. The van der Waals surface area contributed by atoms with Crippen LogP contribution in [-0.4, -0.2) is 42.3 Å². The van der Waals surface area contributed by atoms with Crippen molar-refractivity contribution in [3.8, 4) is 0 Å². The zero-order valence-corrected chi connectivity index (χ0v) is 10.8. The molecule has 1 aliphatic heterocycles. The van der Waals surface area contributed by atoms with E-state index in [0.717, 1.165) is 0 Å². The maximum Gasteiger partial charge on any atom is 0.335 e. The molecule has 0 radical (unpaired) electrons. The van der Waals surface area contributed by atoms with Gasteiger partial charge in [0.1, 0.15) is 0 Å². The zero-order chi connectivity index (χ0) is 14.2. The van der Waals surface area contributed by atoms with Gasteiger partial charge in [0.15, 0.2) is 5.54 Å². The van der Waals surface area contributed by atoms with E-state index in [0.29, 0.717) is 17.8 Å². The number of carboxylic acid groups (broad SMARTS) is 2. The van der Waals surface area contributed by atoms with Crippen LogP contribution in [0.4, 0.5) is 5.69 Å². The highest BCUT2D eigenvalue weighted by Gasteiger charge is 2.47. The highest BCUT2D eigenvalue weighted by molar-refractivity contribution is 5.92. The Balaban J connectivity index is 2.62. The number of benzene rings is 1. The molecular formula is C13H16N2O4. The fourth-order valence-corrected chi connectivity index (χ4v) is 2.53. The van der Waals surface area contributed by atoms with Crippen molar-refractivity contribution < 1.29 is 19.8 Å².